The smallest absolute Gasteiger partial charge is 0.156 e. The number of nitriles is 1. The van der Waals surface area contributed by atoms with Crippen LogP contribution in [0, 0.1) is 32.1 Å². The van der Waals surface area contributed by atoms with Gasteiger partial charge in [-0.05, 0) is 38.0 Å². The molecule has 4 aromatic rings. The van der Waals surface area contributed by atoms with Crippen LogP contribution in [0.15, 0.2) is 42.9 Å². The quantitative estimate of drug-likeness (QED) is 0.602. The number of aromatic nitrogens is 5. The number of hydrogen-bond acceptors (Lipinski definition) is 6. The first-order valence-electron chi connectivity index (χ1n) is 8.48. The van der Waals surface area contributed by atoms with E-state index < -0.39 is 0 Å². The molecule has 0 atom stereocenters. The summed E-state index contributed by atoms with van der Waals surface area (Å²) in [7, 11) is 0. The molecule has 27 heavy (non-hydrogen) atoms. The summed E-state index contributed by atoms with van der Waals surface area (Å²) in [6.07, 6.45) is 3.00. The number of benzene rings is 1. The minimum Gasteiger partial charge on any atom is -0.324 e. The fourth-order valence-electron chi connectivity index (χ4n) is 3.02. The molecule has 132 valence electrons. The van der Waals surface area contributed by atoms with E-state index in [9.17, 15) is 5.26 Å². The van der Waals surface area contributed by atoms with Crippen LogP contribution in [0.4, 0.5) is 11.6 Å². The van der Waals surface area contributed by atoms with Gasteiger partial charge in [-0.1, -0.05) is 18.2 Å². The van der Waals surface area contributed by atoms with E-state index in [0.29, 0.717) is 23.0 Å². The van der Waals surface area contributed by atoms with Crippen molar-refractivity contribution in [2.75, 3.05) is 5.32 Å². The minimum absolute atomic E-state index is 0.413. The first-order chi connectivity index (χ1) is 13.1. The standard InChI is InChI=1S/C20H17N7/c1-12-5-4-6-16-13(2)7-18(26-19(12)16)27-20(15(9-21)10-24-27)25-17-8-14(3)22-11-23-17/h4-8,10-11H,1-3H3,(H,22,23,25). The van der Waals surface area contributed by atoms with Crippen LogP contribution < -0.4 is 5.32 Å². The Labute approximate surface area is 156 Å². The zero-order chi connectivity index (χ0) is 19.0. The maximum Gasteiger partial charge on any atom is 0.156 e. The van der Waals surface area contributed by atoms with E-state index in [1.165, 1.54) is 12.5 Å². The Kier molecular flexibility index (Phi) is 4.01. The van der Waals surface area contributed by atoms with Gasteiger partial charge in [0.1, 0.15) is 23.8 Å². The van der Waals surface area contributed by atoms with Crippen molar-refractivity contribution >= 4 is 22.5 Å². The highest BCUT2D eigenvalue weighted by molar-refractivity contribution is 5.85. The Bertz CT molecular complexity index is 1200. The Hall–Kier alpha value is -3.79. The predicted molar refractivity (Wildman–Crippen MR) is 103 cm³/mol. The Morgan fingerprint density at radius 1 is 1.07 bits per heavy atom. The van der Waals surface area contributed by atoms with Gasteiger partial charge in [0.2, 0.25) is 0 Å². The van der Waals surface area contributed by atoms with E-state index in [2.05, 4.69) is 32.5 Å². The number of para-hydroxylation sites is 1. The zero-order valence-corrected chi connectivity index (χ0v) is 15.2. The van der Waals surface area contributed by atoms with Crippen molar-refractivity contribution in [3.63, 3.8) is 0 Å². The molecule has 0 aliphatic rings. The lowest BCUT2D eigenvalue weighted by molar-refractivity contribution is 0.857. The number of rotatable bonds is 3. The van der Waals surface area contributed by atoms with Crippen molar-refractivity contribution in [2.45, 2.75) is 20.8 Å². The number of fused-ring (bicyclic) bond motifs is 1. The molecule has 0 bridgehead atoms. The van der Waals surface area contributed by atoms with Crippen molar-refractivity contribution in [3.8, 4) is 11.9 Å². The van der Waals surface area contributed by atoms with E-state index in [-0.39, 0.29) is 0 Å². The number of nitrogens with one attached hydrogen (secondary N) is 1. The van der Waals surface area contributed by atoms with E-state index >= 15 is 0 Å². The largest absolute Gasteiger partial charge is 0.324 e. The topological polar surface area (TPSA) is 92.3 Å². The second kappa shape index (κ2) is 6.50. The number of hydrogen-bond donors (Lipinski definition) is 1. The molecule has 0 amide bonds. The van der Waals surface area contributed by atoms with Gasteiger partial charge in [-0.3, -0.25) is 0 Å². The molecule has 7 nitrogen and oxygen atoms in total. The maximum absolute atomic E-state index is 9.49. The summed E-state index contributed by atoms with van der Waals surface area (Å²) < 4.78 is 1.63. The molecule has 0 unspecified atom stereocenters. The van der Waals surface area contributed by atoms with Gasteiger partial charge < -0.3 is 5.32 Å². The highest BCUT2D eigenvalue weighted by Crippen LogP contribution is 2.26. The number of anilines is 2. The molecule has 4 rings (SSSR count). The molecule has 0 aliphatic carbocycles. The predicted octanol–water partition coefficient (Wildman–Crippen LogP) is 3.75. The lowest BCUT2D eigenvalue weighted by Gasteiger charge is -2.12. The molecule has 0 saturated heterocycles. The van der Waals surface area contributed by atoms with Gasteiger partial charge in [-0.25, -0.2) is 15.0 Å². The van der Waals surface area contributed by atoms with Crippen molar-refractivity contribution in [1.82, 2.24) is 24.7 Å². The van der Waals surface area contributed by atoms with E-state index in [1.54, 1.807) is 4.68 Å². The summed E-state index contributed by atoms with van der Waals surface area (Å²) in [5.74, 6) is 1.76. The number of pyridine rings is 1. The second-order valence-electron chi connectivity index (χ2n) is 6.37. The van der Waals surface area contributed by atoms with Crippen LogP contribution in [-0.4, -0.2) is 24.7 Å². The van der Waals surface area contributed by atoms with Crippen molar-refractivity contribution < 1.29 is 0 Å². The molecule has 1 N–H and O–H groups in total. The summed E-state index contributed by atoms with van der Waals surface area (Å²) in [5.41, 5.74) is 4.34. The Morgan fingerprint density at radius 3 is 2.70 bits per heavy atom. The molecular weight excluding hydrogens is 338 g/mol. The lowest BCUT2D eigenvalue weighted by Crippen LogP contribution is -2.07. The SMILES string of the molecule is Cc1cc(Nc2c(C#N)cnn2-c2cc(C)c3cccc(C)c3n2)ncn1. The average Bonchev–Trinajstić information content (AvgIpc) is 3.05. The normalized spacial score (nSPS) is 10.7. The summed E-state index contributed by atoms with van der Waals surface area (Å²) in [6.45, 7) is 5.96. The van der Waals surface area contributed by atoms with Gasteiger partial charge in [0.25, 0.3) is 0 Å². The van der Waals surface area contributed by atoms with Crippen LogP contribution in [0.2, 0.25) is 0 Å². The minimum atomic E-state index is 0.413. The van der Waals surface area contributed by atoms with Crippen LogP contribution in [0.1, 0.15) is 22.4 Å². The summed E-state index contributed by atoms with van der Waals surface area (Å²) in [5, 5.41) is 18.1. The third-order valence-electron chi connectivity index (χ3n) is 4.39. The highest BCUT2D eigenvalue weighted by Gasteiger charge is 2.16. The van der Waals surface area contributed by atoms with Crippen molar-refractivity contribution in [3.05, 3.63) is 65.2 Å². The molecule has 1 aromatic carbocycles. The summed E-state index contributed by atoms with van der Waals surface area (Å²) in [6, 6.07) is 12.1. The fraction of sp³-hybridized carbons (Fsp3) is 0.150. The molecule has 3 aromatic heterocycles. The van der Waals surface area contributed by atoms with Crippen molar-refractivity contribution in [1.29, 1.82) is 5.26 Å². The molecule has 0 spiro atoms. The second-order valence-corrected chi connectivity index (χ2v) is 6.37. The molecule has 0 aliphatic heterocycles. The number of nitrogens with zero attached hydrogens (tertiary/aromatic N) is 6. The Morgan fingerprint density at radius 2 is 1.93 bits per heavy atom. The first-order valence-corrected chi connectivity index (χ1v) is 8.48. The van der Waals surface area contributed by atoms with Gasteiger partial charge in [-0.15, -0.1) is 0 Å². The summed E-state index contributed by atoms with van der Waals surface area (Å²) in [4.78, 5) is 13.1. The van der Waals surface area contributed by atoms with Crippen molar-refractivity contribution in [2.24, 2.45) is 0 Å². The van der Waals surface area contributed by atoms with Crippen LogP contribution in [0.3, 0.4) is 0 Å². The van der Waals surface area contributed by atoms with Gasteiger partial charge in [0.05, 0.1) is 11.7 Å². The molecule has 0 radical (unpaired) electrons. The van der Waals surface area contributed by atoms with Crippen LogP contribution in [0.25, 0.3) is 16.7 Å². The van der Waals surface area contributed by atoms with Gasteiger partial charge in [0.15, 0.2) is 11.6 Å². The van der Waals surface area contributed by atoms with Crippen LogP contribution >= 0.6 is 0 Å². The molecule has 0 saturated carbocycles. The zero-order valence-electron chi connectivity index (χ0n) is 15.2. The van der Waals surface area contributed by atoms with Crippen LogP contribution in [0.5, 0.6) is 0 Å². The van der Waals surface area contributed by atoms with Gasteiger partial charge in [-0.2, -0.15) is 15.0 Å². The third-order valence-corrected chi connectivity index (χ3v) is 4.39. The van der Waals surface area contributed by atoms with Gasteiger partial charge in [0, 0.05) is 17.1 Å². The van der Waals surface area contributed by atoms with E-state index in [4.69, 9.17) is 4.98 Å². The highest BCUT2D eigenvalue weighted by atomic mass is 15.4. The average molecular weight is 355 g/mol. The maximum atomic E-state index is 9.49. The first kappa shape index (κ1) is 16.7. The fourth-order valence-corrected chi connectivity index (χ4v) is 3.02. The Balaban J connectivity index is 1.88. The van der Waals surface area contributed by atoms with Crippen LogP contribution in [-0.2, 0) is 0 Å². The molecule has 7 heteroatoms. The van der Waals surface area contributed by atoms with Gasteiger partial charge >= 0.3 is 0 Å². The molecule has 0 fully saturated rings. The monoisotopic (exact) mass is 355 g/mol. The number of aryl methyl sites for hydroxylation is 3. The van der Waals surface area contributed by atoms with E-state index in [1.807, 2.05) is 45.0 Å². The molecular formula is C20H17N7. The lowest BCUT2D eigenvalue weighted by atomic mass is 10.1. The summed E-state index contributed by atoms with van der Waals surface area (Å²) >= 11 is 0. The molecule has 3 heterocycles. The van der Waals surface area contributed by atoms with E-state index in [0.717, 1.165) is 27.7 Å². The third kappa shape index (κ3) is 2.98.